The fourth-order valence-corrected chi connectivity index (χ4v) is 1.28. The van der Waals surface area contributed by atoms with Crippen LogP contribution in [0.15, 0.2) is 18.2 Å². The lowest BCUT2D eigenvalue weighted by molar-refractivity contribution is -0.387. The molecule has 1 aromatic carbocycles. The maximum absolute atomic E-state index is 13.1. The molecule has 82 valence electrons. The number of aryl methyl sites for hydroxylation is 1. The molecule has 0 fully saturated rings. The summed E-state index contributed by atoms with van der Waals surface area (Å²) in [7, 11) is 0. The zero-order chi connectivity index (χ0) is 11.6. The molecular formula is C9H9F2NO3. The summed E-state index contributed by atoms with van der Waals surface area (Å²) in [5.74, 6) is -3.59. The molecule has 0 saturated carbocycles. The summed E-state index contributed by atoms with van der Waals surface area (Å²) in [6, 6.07) is 3.61. The Hall–Kier alpha value is -1.56. The molecule has 0 aliphatic carbocycles. The number of benzene rings is 1. The van der Waals surface area contributed by atoms with Crippen LogP contribution in [0.25, 0.3) is 0 Å². The predicted octanol–water partition coefficient (Wildman–Crippen LogP) is 1.99. The fraction of sp³-hybridized carbons (Fsp3) is 0.333. The van der Waals surface area contributed by atoms with Crippen molar-refractivity contribution in [2.24, 2.45) is 0 Å². The highest BCUT2D eigenvalue weighted by Gasteiger charge is 2.38. The molecule has 15 heavy (non-hydrogen) atoms. The first kappa shape index (κ1) is 11.5. The molecule has 4 nitrogen and oxygen atoms in total. The second-order valence-corrected chi connectivity index (χ2v) is 3.09. The van der Waals surface area contributed by atoms with Crippen LogP contribution < -0.4 is 0 Å². The number of nitrogens with zero attached hydrogens (tertiary/aromatic N) is 1. The highest BCUT2D eigenvalue weighted by Crippen LogP contribution is 2.35. The van der Waals surface area contributed by atoms with Crippen molar-refractivity contribution in [3.05, 3.63) is 39.4 Å². The van der Waals surface area contributed by atoms with E-state index in [1.165, 1.54) is 19.1 Å². The number of halogens is 2. The number of aliphatic hydroxyl groups is 1. The molecule has 1 aromatic rings. The first-order valence-corrected chi connectivity index (χ1v) is 4.13. The number of hydrogen-bond donors (Lipinski definition) is 1. The predicted molar refractivity (Wildman–Crippen MR) is 48.8 cm³/mol. The number of rotatable bonds is 3. The SMILES string of the molecule is Cc1cccc(C(F)(F)CO)c1[N+](=O)[O-]. The van der Waals surface area contributed by atoms with E-state index < -0.39 is 28.7 Å². The Bertz CT molecular complexity index is 393. The lowest BCUT2D eigenvalue weighted by Gasteiger charge is -2.14. The van der Waals surface area contributed by atoms with E-state index in [4.69, 9.17) is 5.11 Å². The van der Waals surface area contributed by atoms with Crippen LogP contribution in [-0.2, 0) is 5.92 Å². The van der Waals surface area contributed by atoms with Crippen LogP contribution in [0.4, 0.5) is 14.5 Å². The van der Waals surface area contributed by atoms with Gasteiger partial charge in [0.1, 0.15) is 12.2 Å². The smallest absolute Gasteiger partial charge is 0.302 e. The minimum absolute atomic E-state index is 0.144. The molecule has 1 N–H and O–H groups in total. The van der Waals surface area contributed by atoms with Crippen LogP contribution in [0.5, 0.6) is 0 Å². The average molecular weight is 217 g/mol. The first-order valence-electron chi connectivity index (χ1n) is 4.13. The number of para-hydroxylation sites is 1. The van der Waals surface area contributed by atoms with Gasteiger partial charge in [0, 0.05) is 5.56 Å². The molecule has 0 unspecified atom stereocenters. The average Bonchev–Trinajstić information content (AvgIpc) is 2.16. The van der Waals surface area contributed by atoms with Crippen LogP contribution in [0.3, 0.4) is 0 Å². The standard InChI is InChI=1S/C9H9F2NO3/c1-6-3-2-4-7(8(6)12(14)15)9(10,11)5-13/h2-4,13H,5H2,1H3. The third kappa shape index (κ3) is 2.10. The van der Waals surface area contributed by atoms with Gasteiger partial charge < -0.3 is 5.11 Å². The second kappa shape index (κ2) is 3.90. The van der Waals surface area contributed by atoms with E-state index in [2.05, 4.69) is 0 Å². The van der Waals surface area contributed by atoms with Crippen LogP contribution in [0, 0.1) is 17.0 Å². The summed E-state index contributed by atoms with van der Waals surface area (Å²) in [4.78, 5) is 9.73. The van der Waals surface area contributed by atoms with Gasteiger partial charge in [-0.3, -0.25) is 10.1 Å². The van der Waals surface area contributed by atoms with Gasteiger partial charge in [-0.25, -0.2) is 0 Å². The number of nitro benzene ring substituents is 1. The molecule has 0 bridgehead atoms. The zero-order valence-electron chi connectivity index (χ0n) is 7.91. The van der Waals surface area contributed by atoms with Gasteiger partial charge in [-0.1, -0.05) is 12.1 Å². The molecular weight excluding hydrogens is 208 g/mol. The van der Waals surface area contributed by atoms with Crippen molar-refractivity contribution in [2.45, 2.75) is 12.8 Å². The molecule has 0 heterocycles. The molecule has 0 amide bonds. The Kier molecular flexibility index (Phi) is 2.99. The van der Waals surface area contributed by atoms with E-state index in [0.29, 0.717) is 0 Å². The van der Waals surface area contributed by atoms with Crippen LogP contribution in [0.2, 0.25) is 0 Å². The summed E-state index contributed by atoms with van der Waals surface area (Å²) in [5.41, 5.74) is -1.25. The molecule has 1 rings (SSSR count). The van der Waals surface area contributed by atoms with Gasteiger partial charge in [-0.05, 0) is 13.0 Å². The van der Waals surface area contributed by atoms with E-state index in [1.54, 1.807) is 0 Å². The molecule has 0 saturated heterocycles. The lowest BCUT2D eigenvalue weighted by atomic mass is 10.0. The maximum atomic E-state index is 13.1. The summed E-state index contributed by atoms with van der Waals surface area (Å²) in [6.45, 7) is -0.0770. The van der Waals surface area contributed by atoms with E-state index in [9.17, 15) is 18.9 Å². The number of aliphatic hydroxyl groups excluding tert-OH is 1. The van der Waals surface area contributed by atoms with E-state index in [-0.39, 0.29) is 5.56 Å². The van der Waals surface area contributed by atoms with Crippen LogP contribution in [-0.4, -0.2) is 16.6 Å². The Morgan fingerprint density at radius 3 is 2.60 bits per heavy atom. The first-order chi connectivity index (χ1) is 6.90. The third-order valence-electron chi connectivity index (χ3n) is 2.01. The minimum Gasteiger partial charge on any atom is -0.390 e. The van der Waals surface area contributed by atoms with Crippen molar-refractivity contribution < 1.29 is 18.8 Å². The topological polar surface area (TPSA) is 63.4 Å². The van der Waals surface area contributed by atoms with Crippen molar-refractivity contribution in [3.63, 3.8) is 0 Å². The van der Waals surface area contributed by atoms with Gasteiger partial charge in [0.25, 0.3) is 5.69 Å². The summed E-state index contributed by atoms with van der Waals surface area (Å²) in [6.07, 6.45) is 0. The second-order valence-electron chi connectivity index (χ2n) is 3.09. The van der Waals surface area contributed by atoms with E-state index >= 15 is 0 Å². The Balaban J connectivity index is 3.42. The van der Waals surface area contributed by atoms with Gasteiger partial charge in [0.15, 0.2) is 0 Å². The van der Waals surface area contributed by atoms with Gasteiger partial charge in [0.05, 0.1) is 4.92 Å². The monoisotopic (exact) mass is 217 g/mol. The summed E-state index contributed by atoms with van der Waals surface area (Å²) >= 11 is 0. The maximum Gasteiger partial charge on any atom is 0.302 e. The third-order valence-corrected chi connectivity index (χ3v) is 2.01. The largest absolute Gasteiger partial charge is 0.390 e. The fourth-order valence-electron chi connectivity index (χ4n) is 1.28. The molecule has 0 atom stereocenters. The molecule has 0 aromatic heterocycles. The number of alkyl halides is 2. The molecule has 0 aliphatic heterocycles. The molecule has 0 spiro atoms. The Labute approximate surface area is 84.3 Å². The lowest BCUT2D eigenvalue weighted by Crippen LogP contribution is -2.20. The normalized spacial score (nSPS) is 11.5. The summed E-state index contributed by atoms with van der Waals surface area (Å²) in [5, 5.41) is 19.1. The van der Waals surface area contributed by atoms with Crippen LogP contribution >= 0.6 is 0 Å². The number of hydrogen-bond acceptors (Lipinski definition) is 3. The minimum atomic E-state index is -3.59. The van der Waals surface area contributed by atoms with Crippen molar-refractivity contribution in [1.29, 1.82) is 0 Å². The Morgan fingerprint density at radius 2 is 2.13 bits per heavy atom. The van der Waals surface area contributed by atoms with E-state index in [1.807, 2.05) is 0 Å². The van der Waals surface area contributed by atoms with Crippen LogP contribution in [0.1, 0.15) is 11.1 Å². The van der Waals surface area contributed by atoms with Crippen molar-refractivity contribution in [1.82, 2.24) is 0 Å². The van der Waals surface area contributed by atoms with E-state index in [0.717, 1.165) is 6.07 Å². The van der Waals surface area contributed by atoms with Crippen molar-refractivity contribution in [3.8, 4) is 0 Å². The van der Waals surface area contributed by atoms with Crippen molar-refractivity contribution >= 4 is 5.69 Å². The van der Waals surface area contributed by atoms with Gasteiger partial charge in [0.2, 0.25) is 0 Å². The van der Waals surface area contributed by atoms with Gasteiger partial charge in [-0.15, -0.1) is 0 Å². The molecule has 0 radical (unpaired) electrons. The molecule has 6 heteroatoms. The summed E-state index contributed by atoms with van der Waals surface area (Å²) < 4.78 is 26.3. The highest BCUT2D eigenvalue weighted by molar-refractivity contribution is 5.49. The van der Waals surface area contributed by atoms with Crippen molar-refractivity contribution in [2.75, 3.05) is 6.61 Å². The van der Waals surface area contributed by atoms with Gasteiger partial charge >= 0.3 is 5.92 Å². The van der Waals surface area contributed by atoms with Gasteiger partial charge in [-0.2, -0.15) is 8.78 Å². The number of nitro groups is 1. The highest BCUT2D eigenvalue weighted by atomic mass is 19.3. The molecule has 0 aliphatic rings. The Morgan fingerprint density at radius 1 is 1.53 bits per heavy atom. The zero-order valence-corrected chi connectivity index (χ0v) is 7.91. The quantitative estimate of drug-likeness (QED) is 0.622.